The Kier molecular flexibility index (Phi) is 5.31. The van der Waals surface area contributed by atoms with Crippen LogP contribution in [0.25, 0.3) is 0 Å². The molecule has 1 saturated heterocycles. The fourth-order valence-corrected chi connectivity index (χ4v) is 2.89. The van der Waals surface area contributed by atoms with E-state index in [9.17, 15) is 4.79 Å². The van der Waals surface area contributed by atoms with Gasteiger partial charge in [-0.25, -0.2) is 4.79 Å². The van der Waals surface area contributed by atoms with Gasteiger partial charge < -0.3 is 20.3 Å². The van der Waals surface area contributed by atoms with Crippen molar-refractivity contribution >= 4 is 11.7 Å². The minimum Gasteiger partial charge on any atom is -0.463 e. The van der Waals surface area contributed by atoms with E-state index in [0.29, 0.717) is 12.4 Å². The summed E-state index contributed by atoms with van der Waals surface area (Å²) in [5.74, 6) is 0.108. The van der Waals surface area contributed by atoms with Gasteiger partial charge in [-0.1, -0.05) is 18.2 Å². The maximum atomic E-state index is 11.5. The van der Waals surface area contributed by atoms with Crippen LogP contribution in [0.4, 0.5) is 5.69 Å². The standard InChI is InChI=1S/C17H25N3O2/c1-4-22-16(21)12-15(18)19-8-10-20(11-9-19)17-13(2)6-5-7-14(17)3/h5-7,12H,4,8-11,18H2,1-3H3/b15-12-. The molecular weight excluding hydrogens is 278 g/mol. The summed E-state index contributed by atoms with van der Waals surface area (Å²) in [6, 6.07) is 6.37. The normalized spacial score (nSPS) is 15.9. The van der Waals surface area contributed by atoms with Gasteiger partial charge in [0.15, 0.2) is 0 Å². The number of ether oxygens (including phenoxy) is 1. The van der Waals surface area contributed by atoms with Gasteiger partial charge in [-0.15, -0.1) is 0 Å². The lowest BCUT2D eigenvalue weighted by Crippen LogP contribution is -2.47. The molecule has 1 aliphatic heterocycles. The molecule has 0 spiro atoms. The Hall–Kier alpha value is -2.17. The highest BCUT2D eigenvalue weighted by molar-refractivity contribution is 5.82. The molecule has 22 heavy (non-hydrogen) atoms. The predicted octanol–water partition coefficient (Wildman–Crippen LogP) is 1.79. The number of aryl methyl sites for hydroxylation is 2. The van der Waals surface area contributed by atoms with Gasteiger partial charge in [-0.05, 0) is 31.9 Å². The van der Waals surface area contributed by atoms with E-state index in [-0.39, 0.29) is 5.97 Å². The van der Waals surface area contributed by atoms with Crippen molar-refractivity contribution in [1.82, 2.24) is 4.90 Å². The first kappa shape index (κ1) is 16.2. The van der Waals surface area contributed by atoms with Gasteiger partial charge in [0.2, 0.25) is 0 Å². The predicted molar refractivity (Wildman–Crippen MR) is 88.6 cm³/mol. The second-order valence-electron chi connectivity index (χ2n) is 5.54. The molecule has 1 fully saturated rings. The lowest BCUT2D eigenvalue weighted by Gasteiger charge is -2.38. The molecule has 0 aromatic heterocycles. The van der Waals surface area contributed by atoms with E-state index in [1.165, 1.54) is 22.9 Å². The maximum Gasteiger partial charge on any atom is 0.334 e. The topological polar surface area (TPSA) is 58.8 Å². The number of esters is 1. The molecule has 0 unspecified atom stereocenters. The van der Waals surface area contributed by atoms with Crippen molar-refractivity contribution in [1.29, 1.82) is 0 Å². The van der Waals surface area contributed by atoms with Crippen molar-refractivity contribution in [2.24, 2.45) is 5.73 Å². The first-order chi connectivity index (χ1) is 10.5. The van der Waals surface area contributed by atoms with Crippen LogP contribution < -0.4 is 10.6 Å². The summed E-state index contributed by atoms with van der Waals surface area (Å²) in [6.07, 6.45) is 1.37. The van der Waals surface area contributed by atoms with E-state index in [4.69, 9.17) is 10.5 Å². The average molecular weight is 303 g/mol. The molecule has 0 aliphatic carbocycles. The zero-order chi connectivity index (χ0) is 16.1. The largest absolute Gasteiger partial charge is 0.463 e. The highest BCUT2D eigenvalue weighted by Gasteiger charge is 2.20. The third-order valence-corrected chi connectivity index (χ3v) is 3.95. The summed E-state index contributed by atoms with van der Waals surface area (Å²) < 4.78 is 4.89. The number of piperazine rings is 1. The molecule has 0 amide bonds. The first-order valence-corrected chi connectivity index (χ1v) is 7.73. The Morgan fingerprint density at radius 1 is 1.23 bits per heavy atom. The zero-order valence-electron chi connectivity index (χ0n) is 13.6. The fourth-order valence-electron chi connectivity index (χ4n) is 2.89. The van der Waals surface area contributed by atoms with Crippen LogP contribution >= 0.6 is 0 Å². The molecule has 5 nitrogen and oxygen atoms in total. The molecule has 120 valence electrons. The van der Waals surface area contributed by atoms with Gasteiger partial charge in [-0.3, -0.25) is 0 Å². The van der Waals surface area contributed by atoms with Crippen LogP contribution in [0, 0.1) is 13.8 Å². The molecule has 1 aliphatic rings. The Balaban J connectivity index is 2.00. The Bertz CT molecular complexity index is 541. The Labute approximate surface area is 132 Å². The number of anilines is 1. The van der Waals surface area contributed by atoms with Crippen LogP contribution in [0.15, 0.2) is 30.1 Å². The van der Waals surface area contributed by atoms with Crippen molar-refractivity contribution in [2.45, 2.75) is 20.8 Å². The van der Waals surface area contributed by atoms with Gasteiger partial charge in [0.25, 0.3) is 0 Å². The molecule has 0 bridgehead atoms. The Morgan fingerprint density at radius 3 is 2.36 bits per heavy atom. The van der Waals surface area contributed by atoms with E-state index >= 15 is 0 Å². The lowest BCUT2D eigenvalue weighted by molar-refractivity contribution is -0.137. The van der Waals surface area contributed by atoms with Gasteiger partial charge in [0.1, 0.15) is 5.82 Å². The third-order valence-electron chi connectivity index (χ3n) is 3.95. The van der Waals surface area contributed by atoms with Crippen molar-refractivity contribution in [3.8, 4) is 0 Å². The molecule has 0 radical (unpaired) electrons. The maximum absolute atomic E-state index is 11.5. The van der Waals surface area contributed by atoms with Crippen molar-refractivity contribution in [3.63, 3.8) is 0 Å². The number of benzene rings is 1. The molecule has 5 heteroatoms. The number of hydrogen-bond acceptors (Lipinski definition) is 5. The highest BCUT2D eigenvalue weighted by atomic mass is 16.5. The van der Waals surface area contributed by atoms with Gasteiger partial charge in [-0.2, -0.15) is 0 Å². The first-order valence-electron chi connectivity index (χ1n) is 7.73. The number of carbonyl (C=O) groups is 1. The van der Waals surface area contributed by atoms with Gasteiger partial charge in [0.05, 0.1) is 12.7 Å². The SMILES string of the molecule is CCOC(=O)/C=C(/N)N1CCN(c2c(C)cccc2C)CC1. The second kappa shape index (κ2) is 7.20. The monoisotopic (exact) mass is 303 g/mol. The van der Waals surface area contributed by atoms with Crippen molar-refractivity contribution in [3.05, 3.63) is 41.2 Å². The number of para-hydroxylation sites is 1. The van der Waals surface area contributed by atoms with E-state index in [2.05, 4.69) is 36.9 Å². The molecule has 2 N–H and O–H groups in total. The third kappa shape index (κ3) is 3.72. The van der Waals surface area contributed by atoms with Crippen LogP contribution in [-0.2, 0) is 9.53 Å². The average Bonchev–Trinajstić information content (AvgIpc) is 2.48. The van der Waals surface area contributed by atoms with Crippen LogP contribution in [0.2, 0.25) is 0 Å². The fraction of sp³-hybridized carbons (Fsp3) is 0.471. The molecule has 0 atom stereocenters. The molecule has 1 heterocycles. The van der Waals surface area contributed by atoms with Crippen LogP contribution in [0.1, 0.15) is 18.1 Å². The van der Waals surface area contributed by atoms with E-state index in [1.807, 2.05) is 4.90 Å². The minimum atomic E-state index is -0.378. The smallest absolute Gasteiger partial charge is 0.334 e. The number of nitrogens with two attached hydrogens (primary N) is 1. The molecule has 0 saturated carbocycles. The summed E-state index contributed by atoms with van der Waals surface area (Å²) in [4.78, 5) is 15.9. The van der Waals surface area contributed by atoms with E-state index in [0.717, 1.165) is 26.2 Å². The van der Waals surface area contributed by atoms with Crippen LogP contribution in [0.5, 0.6) is 0 Å². The highest BCUT2D eigenvalue weighted by Crippen LogP contribution is 2.25. The number of hydrogen-bond donors (Lipinski definition) is 1. The zero-order valence-corrected chi connectivity index (χ0v) is 13.6. The van der Waals surface area contributed by atoms with Crippen molar-refractivity contribution < 1.29 is 9.53 Å². The van der Waals surface area contributed by atoms with Crippen molar-refractivity contribution in [2.75, 3.05) is 37.7 Å². The lowest BCUT2D eigenvalue weighted by atomic mass is 10.1. The van der Waals surface area contributed by atoms with E-state index in [1.54, 1.807) is 6.92 Å². The van der Waals surface area contributed by atoms with Crippen LogP contribution in [-0.4, -0.2) is 43.7 Å². The second-order valence-corrected chi connectivity index (χ2v) is 5.54. The molecule has 1 aromatic rings. The molecular formula is C17H25N3O2. The summed E-state index contributed by atoms with van der Waals surface area (Å²) >= 11 is 0. The van der Waals surface area contributed by atoms with Gasteiger partial charge >= 0.3 is 5.97 Å². The van der Waals surface area contributed by atoms with E-state index < -0.39 is 0 Å². The quantitative estimate of drug-likeness (QED) is 0.679. The molecule has 1 aromatic carbocycles. The number of carbonyl (C=O) groups excluding carboxylic acids is 1. The Morgan fingerprint density at radius 2 is 1.82 bits per heavy atom. The summed E-state index contributed by atoms with van der Waals surface area (Å²) in [7, 11) is 0. The number of nitrogens with zero attached hydrogens (tertiary/aromatic N) is 2. The summed E-state index contributed by atoms with van der Waals surface area (Å²) in [5, 5.41) is 0. The van der Waals surface area contributed by atoms with Gasteiger partial charge in [0, 0.05) is 31.9 Å². The summed E-state index contributed by atoms with van der Waals surface area (Å²) in [6.45, 7) is 9.82. The number of rotatable bonds is 4. The summed E-state index contributed by atoms with van der Waals surface area (Å²) in [5.41, 5.74) is 9.90. The molecule has 2 rings (SSSR count). The minimum absolute atomic E-state index is 0.364. The van der Waals surface area contributed by atoms with Crippen LogP contribution in [0.3, 0.4) is 0 Å².